The Bertz CT molecular complexity index is 1060. The van der Waals surface area contributed by atoms with E-state index in [-0.39, 0.29) is 11.7 Å². The molecule has 1 saturated carbocycles. The van der Waals surface area contributed by atoms with Crippen molar-refractivity contribution in [2.24, 2.45) is 0 Å². The third-order valence-corrected chi connectivity index (χ3v) is 6.66. The number of carbonyl (C=O) groups is 1. The zero-order valence-electron chi connectivity index (χ0n) is 18.0. The number of hydrogen-bond donors (Lipinski definition) is 1. The second-order valence-corrected chi connectivity index (χ2v) is 8.82. The zero-order valence-corrected chi connectivity index (χ0v) is 19.5. The summed E-state index contributed by atoms with van der Waals surface area (Å²) >= 11 is 7.55. The first kappa shape index (κ1) is 22.5. The zero-order chi connectivity index (χ0) is 22.5. The van der Waals surface area contributed by atoms with E-state index in [0.29, 0.717) is 45.0 Å². The van der Waals surface area contributed by atoms with Crippen LogP contribution in [0.25, 0.3) is 11.6 Å². The summed E-state index contributed by atoms with van der Waals surface area (Å²) in [5.41, 5.74) is 0.480. The van der Waals surface area contributed by atoms with Gasteiger partial charge in [-0.3, -0.25) is 9.36 Å². The molecule has 10 heteroatoms. The van der Waals surface area contributed by atoms with E-state index in [0.717, 1.165) is 12.8 Å². The molecular formula is C22H25ClN4O4S. The van der Waals surface area contributed by atoms with E-state index in [1.807, 2.05) is 12.1 Å². The predicted octanol–water partition coefficient (Wildman–Crippen LogP) is 5.44. The number of furan rings is 1. The fraction of sp³-hybridized carbons (Fsp3) is 0.409. The predicted molar refractivity (Wildman–Crippen MR) is 124 cm³/mol. The van der Waals surface area contributed by atoms with Crippen LogP contribution in [-0.2, 0) is 4.79 Å². The summed E-state index contributed by atoms with van der Waals surface area (Å²) in [5.74, 6) is 2.28. The van der Waals surface area contributed by atoms with Gasteiger partial charge in [0.15, 0.2) is 10.9 Å². The Morgan fingerprint density at radius 1 is 1.22 bits per heavy atom. The molecule has 1 aliphatic carbocycles. The number of nitrogens with zero attached hydrogens (tertiary/aromatic N) is 3. The molecule has 4 rings (SSSR count). The van der Waals surface area contributed by atoms with Gasteiger partial charge in [0, 0.05) is 12.1 Å². The van der Waals surface area contributed by atoms with Crippen molar-refractivity contribution in [1.82, 2.24) is 14.8 Å². The first-order chi connectivity index (χ1) is 15.6. The highest BCUT2D eigenvalue weighted by atomic mass is 35.5. The van der Waals surface area contributed by atoms with Crippen molar-refractivity contribution in [2.45, 2.75) is 43.3 Å². The summed E-state index contributed by atoms with van der Waals surface area (Å²) in [6, 6.07) is 7.26. The van der Waals surface area contributed by atoms with Crippen LogP contribution in [0.1, 0.15) is 38.1 Å². The number of methoxy groups -OCH3 is 2. The lowest BCUT2D eigenvalue weighted by Gasteiger charge is -2.25. The van der Waals surface area contributed by atoms with Crippen LogP contribution in [0.15, 0.2) is 40.1 Å². The number of hydrogen-bond acceptors (Lipinski definition) is 7. The van der Waals surface area contributed by atoms with Gasteiger partial charge < -0.3 is 19.2 Å². The normalized spacial score (nSPS) is 14.3. The summed E-state index contributed by atoms with van der Waals surface area (Å²) < 4.78 is 18.3. The highest BCUT2D eigenvalue weighted by Gasteiger charge is 2.25. The van der Waals surface area contributed by atoms with Gasteiger partial charge in [-0.15, -0.1) is 10.2 Å². The maximum atomic E-state index is 12.7. The number of amides is 1. The first-order valence-electron chi connectivity index (χ1n) is 10.4. The van der Waals surface area contributed by atoms with Crippen LogP contribution in [0.4, 0.5) is 5.69 Å². The second kappa shape index (κ2) is 10.3. The molecule has 0 bridgehead atoms. The lowest BCUT2D eigenvalue weighted by Crippen LogP contribution is -2.17. The van der Waals surface area contributed by atoms with E-state index < -0.39 is 0 Å². The molecule has 170 valence electrons. The van der Waals surface area contributed by atoms with Gasteiger partial charge in [-0.2, -0.15) is 0 Å². The monoisotopic (exact) mass is 476 g/mol. The van der Waals surface area contributed by atoms with E-state index >= 15 is 0 Å². The van der Waals surface area contributed by atoms with Gasteiger partial charge in [0.2, 0.25) is 11.7 Å². The van der Waals surface area contributed by atoms with Crippen molar-refractivity contribution in [3.05, 3.63) is 35.6 Å². The fourth-order valence-electron chi connectivity index (χ4n) is 3.89. The molecule has 3 aromatic rings. The molecule has 2 heterocycles. The second-order valence-electron chi connectivity index (χ2n) is 7.47. The molecule has 1 fully saturated rings. The van der Waals surface area contributed by atoms with Gasteiger partial charge in [0.05, 0.1) is 36.9 Å². The van der Waals surface area contributed by atoms with Crippen molar-refractivity contribution < 1.29 is 18.7 Å². The van der Waals surface area contributed by atoms with E-state index in [4.69, 9.17) is 25.5 Å². The standard InChI is InChI=1S/C22H25ClN4O4S/c1-29-18-12-19(30-2)16(11-15(18)23)24-20(28)13-32-22-26-25-21(17-9-6-10-31-17)27(22)14-7-4-3-5-8-14/h6,9-12,14H,3-5,7-8,13H2,1-2H3,(H,24,28). The number of rotatable bonds is 8. The molecule has 0 saturated heterocycles. The minimum absolute atomic E-state index is 0.163. The molecule has 8 nitrogen and oxygen atoms in total. The van der Waals surface area contributed by atoms with Crippen LogP contribution >= 0.6 is 23.4 Å². The van der Waals surface area contributed by atoms with Crippen LogP contribution in [0, 0.1) is 0 Å². The van der Waals surface area contributed by atoms with Crippen LogP contribution in [0.3, 0.4) is 0 Å². The largest absolute Gasteiger partial charge is 0.495 e. The van der Waals surface area contributed by atoms with E-state index in [2.05, 4.69) is 20.1 Å². The summed E-state index contributed by atoms with van der Waals surface area (Å²) in [6.07, 6.45) is 7.33. The Balaban J connectivity index is 1.50. The van der Waals surface area contributed by atoms with Crippen molar-refractivity contribution in [3.8, 4) is 23.1 Å². The molecule has 32 heavy (non-hydrogen) atoms. The van der Waals surface area contributed by atoms with Gasteiger partial charge in [-0.25, -0.2) is 0 Å². The third kappa shape index (κ3) is 4.88. The summed E-state index contributed by atoms with van der Waals surface area (Å²) in [4.78, 5) is 12.7. The smallest absolute Gasteiger partial charge is 0.234 e. The third-order valence-electron chi connectivity index (χ3n) is 5.43. The minimum Gasteiger partial charge on any atom is -0.495 e. The SMILES string of the molecule is COc1cc(OC)c(NC(=O)CSc2nnc(-c3ccco3)n2C2CCCCC2)cc1Cl. The summed E-state index contributed by atoms with van der Waals surface area (Å²) in [7, 11) is 3.05. The maximum absolute atomic E-state index is 12.7. The quantitative estimate of drug-likeness (QED) is 0.432. The molecule has 2 aromatic heterocycles. The summed E-state index contributed by atoms with van der Waals surface area (Å²) in [6.45, 7) is 0. The van der Waals surface area contributed by atoms with Crippen molar-refractivity contribution in [3.63, 3.8) is 0 Å². The molecule has 0 spiro atoms. The highest BCUT2D eigenvalue weighted by molar-refractivity contribution is 7.99. The number of ether oxygens (including phenoxy) is 2. The molecule has 0 aliphatic heterocycles. The lowest BCUT2D eigenvalue weighted by molar-refractivity contribution is -0.113. The van der Waals surface area contributed by atoms with Gasteiger partial charge in [0.1, 0.15) is 11.5 Å². The first-order valence-corrected chi connectivity index (χ1v) is 11.8. The Morgan fingerprint density at radius 3 is 2.69 bits per heavy atom. The number of aromatic nitrogens is 3. The molecule has 1 aromatic carbocycles. The molecule has 0 radical (unpaired) electrons. The molecule has 1 amide bonds. The van der Waals surface area contributed by atoms with E-state index in [1.54, 1.807) is 18.4 Å². The minimum atomic E-state index is -0.202. The number of halogens is 1. The highest BCUT2D eigenvalue weighted by Crippen LogP contribution is 2.37. The van der Waals surface area contributed by atoms with Crippen molar-refractivity contribution in [1.29, 1.82) is 0 Å². The van der Waals surface area contributed by atoms with Crippen molar-refractivity contribution in [2.75, 3.05) is 25.3 Å². The van der Waals surface area contributed by atoms with Crippen LogP contribution < -0.4 is 14.8 Å². The average molecular weight is 477 g/mol. The Kier molecular flexibility index (Phi) is 7.26. The number of carbonyl (C=O) groups excluding carboxylic acids is 1. The molecular weight excluding hydrogens is 452 g/mol. The van der Waals surface area contributed by atoms with Gasteiger partial charge >= 0.3 is 0 Å². The van der Waals surface area contributed by atoms with E-state index in [9.17, 15) is 4.79 Å². The van der Waals surface area contributed by atoms with Gasteiger partial charge in [0.25, 0.3) is 0 Å². The average Bonchev–Trinajstić information content (AvgIpc) is 3.48. The van der Waals surface area contributed by atoms with Gasteiger partial charge in [-0.1, -0.05) is 42.6 Å². The topological polar surface area (TPSA) is 91.4 Å². The molecule has 0 atom stereocenters. The summed E-state index contributed by atoms with van der Waals surface area (Å²) in [5, 5.41) is 12.7. The fourth-order valence-corrected chi connectivity index (χ4v) is 4.94. The number of thioether (sulfide) groups is 1. The Morgan fingerprint density at radius 2 is 2.00 bits per heavy atom. The van der Waals surface area contributed by atoms with Crippen LogP contribution in [0.2, 0.25) is 5.02 Å². The van der Waals surface area contributed by atoms with E-state index in [1.165, 1.54) is 45.2 Å². The molecule has 1 N–H and O–H groups in total. The van der Waals surface area contributed by atoms with Crippen LogP contribution in [0.5, 0.6) is 11.5 Å². The number of nitrogens with one attached hydrogen (secondary N) is 1. The Labute approximate surface area is 195 Å². The van der Waals surface area contributed by atoms with Gasteiger partial charge in [-0.05, 0) is 31.0 Å². The molecule has 0 unspecified atom stereocenters. The Hall–Kier alpha value is -2.65. The lowest BCUT2D eigenvalue weighted by atomic mass is 9.95. The number of benzene rings is 1. The van der Waals surface area contributed by atoms with Crippen molar-refractivity contribution >= 4 is 35.0 Å². The number of anilines is 1. The molecule has 1 aliphatic rings. The van der Waals surface area contributed by atoms with Crippen LogP contribution in [-0.4, -0.2) is 40.6 Å². The maximum Gasteiger partial charge on any atom is 0.234 e.